The molecule has 0 saturated carbocycles. The van der Waals surface area contributed by atoms with Gasteiger partial charge in [-0.1, -0.05) is 12.1 Å². The van der Waals surface area contributed by atoms with Gasteiger partial charge in [0.2, 0.25) is 0 Å². The summed E-state index contributed by atoms with van der Waals surface area (Å²) in [7, 11) is 5.01. The Bertz CT molecular complexity index is 907. The lowest BCUT2D eigenvalue weighted by atomic mass is 9.92. The number of fused-ring (bicyclic) bond motifs is 1. The molecule has 6 heteroatoms. The molecule has 4 rings (SSSR count). The van der Waals surface area contributed by atoms with E-state index < -0.39 is 0 Å². The first-order valence-electron chi connectivity index (χ1n) is 8.95. The minimum absolute atomic E-state index is 0.0561. The molecular formula is C21H22N2O4. The molecule has 1 saturated heterocycles. The van der Waals surface area contributed by atoms with E-state index in [0.717, 1.165) is 16.9 Å². The number of ether oxygens (including phenoxy) is 2. The summed E-state index contributed by atoms with van der Waals surface area (Å²) in [6, 6.07) is 11.4. The van der Waals surface area contributed by atoms with E-state index >= 15 is 0 Å². The van der Waals surface area contributed by atoms with Crippen LogP contribution in [0.3, 0.4) is 0 Å². The van der Waals surface area contributed by atoms with Crippen molar-refractivity contribution in [2.45, 2.75) is 12.3 Å². The minimum Gasteiger partial charge on any atom is -0.497 e. The van der Waals surface area contributed by atoms with Crippen LogP contribution in [0.1, 0.15) is 33.8 Å². The molecule has 1 aliphatic carbocycles. The topological polar surface area (TPSA) is 59.1 Å². The van der Waals surface area contributed by atoms with Gasteiger partial charge in [0.05, 0.1) is 14.2 Å². The predicted octanol–water partition coefficient (Wildman–Crippen LogP) is 3.29. The number of Topliss-reactive ketones (excluding diaryl/α,β-unsaturated/α-hetero) is 1. The van der Waals surface area contributed by atoms with Gasteiger partial charge in [0.15, 0.2) is 5.78 Å². The number of hydrogen-bond donors (Lipinski definition) is 0. The molecule has 2 aliphatic rings. The summed E-state index contributed by atoms with van der Waals surface area (Å²) < 4.78 is 10.9. The molecule has 1 heterocycles. The normalized spacial score (nSPS) is 18.9. The van der Waals surface area contributed by atoms with E-state index in [1.165, 1.54) is 0 Å². The summed E-state index contributed by atoms with van der Waals surface area (Å²) >= 11 is 0. The molecule has 2 amide bonds. The number of amides is 2. The quantitative estimate of drug-likeness (QED) is 0.833. The summed E-state index contributed by atoms with van der Waals surface area (Å²) in [5.74, 6) is 1.45. The Balaban J connectivity index is 1.77. The lowest BCUT2D eigenvalue weighted by Gasteiger charge is -2.20. The van der Waals surface area contributed by atoms with Crippen LogP contribution in [0.25, 0.3) is 0 Å². The number of ketones is 1. The molecule has 27 heavy (non-hydrogen) atoms. The van der Waals surface area contributed by atoms with Crippen molar-refractivity contribution in [3.05, 3.63) is 53.1 Å². The van der Waals surface area contributed by atoms with E-state index in [9.17, 15) is 9.59 Å². The van der Waals surface area contributed by atoms with Crippen LogP contribution in [0.4, 0.5) is 10.5 Å². The molecule has 0 radical (unpaired) electrons. The lowest BCUT2D eigenvalue weighted by Crippen LogP contribution is -2.29. The van der Waals surface area contributed by atoms with E-state index in [4.69, 9.17) is 9.47 Å². The molecule has 1 unspecified atom stereocenters. The number of methoxy groups -OCH3 is 2. The SMILES string of the molecule is COc1ccc(C2CC(=O)c3cc(N4CCN(C)C4=O)cc(OC)c32)cc1. The molecule has 0 bridgehead atoms. The van der Waals surface area contributed by atoms with Crippen molar-refractivity contribution in [3.8, 4) is 11.5 Å². The maximum Gasteiger partial charge on any atom is 0.324 e. The van der Waals surface area contributed by atoms with E-state index in [0.29, 0.717) is 36.5 Å². The average Bonchev–Trinajstić information content (AvgIpc) is 3.21. The summed E-state index contributed by atoms with van der Waals surface area (Å²) in [6.45, 7) is 1.27. The van der Waals surface area contributed by atoms with Crippen LogP contribution in [0, 0.1) is 0 Å². The third-order valence-electron chi connectivity index (χ3n) is 5.43. The van der Waals surface area contributed by atoms with Crippen LogP contribution < -0.4 is 14.4 Å². The smallest absolute Gasteiger partial charge is 0.324 e. The van der Waals surface area contributed by atoms with Gasteiger partial charge >= 0.3 is 6.03 Å². The number of likely N-dealkylation sites (N-methyl/N-ethyl adjacent to an activating group) is 1. The van der Waals surface area contributed by atoms with Crippen molar-refractivity contribution in [2.75, 3.05) is 39.3 Å². The van der Waals surface area contributed by atoms with Crippen LogP contribution in [-0.2, 0) is 0 Å². The standard InChI is InChI=1S/C21H22N2O4/c1-22-8-9-23(21(22)25)14-10-17-18(24)12-16(20(17)19(11-14)27-3)13-4-6-15(26-2)7-5-13/h4-7,10-11,16H,8-9,12H2,1-3H3. The van der Waals surface area contributed by atoms with Crippen molar-refractivity contribution in [2.24, 2.45) is 0 Å². The highest BCUT2D eigenvalue weighted by molar-refractivity contribution is 6.05. The van der Waals surface area contributed by atoms with Crippen molar-refractivity contribution in [1.29, 1.82) is 0 Å². The molecule has 0 N–H and O–H groups in total. The molecular weight excluding hydrogens is 344 g/mol. The number of carbonyl (C=O) groups is 2. The number of anilines is 1. The van der Waals surface area contributed by atoms with E-state index in [1.54, 1.807) is 31.1 Å². The Hall–Kier alpha value is -3.02. The fourth-order valence-corrected chi connectivity index (χ4v) is 3.93. The van der Waals surface area contributed by atoms with Gasteiger partial charge in [0, 0.05) is 55.4 Å². The van der Waals surface area contributed by atoms with Gasteiger partial charge in [0.1, 0.15) is 11.5 Å². The largest absolute Gasteiger partial charge is 0.497 e. The van der Waals surface area contributed by atoms with Gasteiger partial charge in [0.25, 0.3) is 0 Å². The molecule has 0 spiro atoms. The molecule has 2 aromatic rings. The van der Waals surface area contributed by atoms with Crippen molar-refractivity contribution in [3.63, 3.8) is 0 Å². The lowest BCUT2D eigenvalue weighted by molar-refractivity contribution is 0.0991. The van der Waals surface area contributed by atoms with E-state index in [-0.39, 0.29) is 17.7 Å². The summed E-state index contributed by atoms with van der Waals surface area (Å²) in [5.41, 5.74) is 3.30. The highest BCUT2D eigenvalue weighted by atomic mass is 16.5. The molecule has 1 atom stereocenters. The maximum atomic E-state index is 12.8. The monoisotopic (exact) mass is 366 g/mol. The second-order valence-corrected chi connectivity index (χ2v) is 6.92. The number of carbonyl (C=O) groups excluding carboxylic acids is 2. The van der Waals surface area contributed by atoms with Crippen molar-refractivity contribution < 1.29 is 19.1 Å². The zero-order chi connectivity index (χ0) is 19.1. The molecule has 2 aromatic carbocycles. The molecule has 0 aromatic heterocycles. The first-order chi connectivity index (χ1) is 13.0. The number of hydrogen-bond acceptors (Lipinski definition) is 4. The highest BCUT2D eigenvalue weighted by Gasteiger charge is 2.36. The Morgan fingerprint density at radius 1 is 1.00 bits per heavy atom. The summed E-state index contributed by atoms with van der Waals surface area (Å²) in [5, 5.41) is 0. The Morgan fingerprint density at radius 2 is 1.74 bits per heavy atom. The molecule has 1 fully saturated rings. The Labute approximate surface area is 158 Å². The second kappa shape index (κ2) is 6.61. The zero-order valence-electron chi connectivity index (χ0n) is 15.7. The first kappa shape index (κ1) is 17.4. The fraction of sp³-hybridized carbons (Fsp3) is 0.333. The summed E-state index contributed by atoms with van der Waals surface area (Å²) in [4.78, 5) is 28.5. The fourth-order valence-electron chi connectivity index (χ4n) is 3.93. The average molecular weight is 366 g/mol. The first-order valence-corrected chi connectivity index (χ1v) is 8.95. The number of rotatable bonds is 4. The van der Waals surface area contributed by atoms with Gasteiger partial charge in [-0.05, 0) is 23.8 Å². The number of nitrogens with zero attached hydrogens (tertiary/aromatic N) is 2. The van der Waals surface area contributed by atoms with Gasteiger partial charge in [-0.15, -0.1) is 0 Å². The van der Waals surface area contributed by atoms with Gasteiger partial charge in [-0.3, -0.25) is 9.69 Å². The van der Waals surface area contributed by atoms with Crippen LogP contribution in [0.5, 0.6) is 11.5 Å². The van der Waals surface area contributed by atoms with E-state index in [2.05, 4.69) is 0 Å². The predicted molar refractivity (Wildman–Crippen MR) is 102 cm³/mol. The van der Waals surface area contributed by atoms with Gasteiger partial charge in [-0.25, -0.2) is 4.79 Å². The maximum absolute atomic E-state index is 12.8. The Morgan fingerprint density at radius 3 is 2.33 bits per heavy atom. The third kappa shape index (κ3) is 2.81. The minimum atomic E-state index is -0.0610. The molecule has 140 valence electrons. The van der Waals surface area contributed by atoms with E-state index in [1.807, 2.05) is 36.4 Å². The van der Waals surface area contributed by atoms with Crippen molar-refractivity contribution in [1.82, 2.24) is 4.90 Å². The van der Waals surface area contributed by atoms with Crippen molar-refractivity contribution >= 4 is 17.5 Å². The zero-order valence-corrected chi connectivity index (χ0v) is 15.7. The van der Waals surface area contributed by atoms with Crippen LogP contribution in [-0.4, -0.2) is 51.1 Å². The summed E-state index contributed by atoms with van der Waals surface area (Å²) in [6.07, 6.45) is 0.398. The van der Waals surface area contributed by atoms with Gasteiger partial charge in [-0.2, -0.15) is 0 Å². The second-order valence-electron chi connectivity index (χ2n) is 6.92. The molecule has 1 aliphatic heterocycles. The third-order valence-corrected chi connectivity index (χ3v) is 5.43. The number of benzene rings is 2. The molecule has 6 nitrogen and oxygen atoms in total. The number of urea groups is 1. The van der Waals surface area contributed by atoms with Gasteiger partial charge < -0.3 is 14.4 Å². The van der Waals surface area contributed by atoms with Crippen LogP contribution in [0.2, 0.25) is 0 Å². The Kier molecular flexibility index (Phi) is 4.26. The highest BCUT2D eigenvalue weighted by Crippen LogP contribution is 2.45. The van der Waals surface area contributed by atoms with Crippen LogP contribution >= 0.6 is 0 Å². The van der Waals surface area contributed by atoms with Crippen LogP contribution in [0.15, 0.2) is 36.4 Å².